The summed E-state index contributed by atoms with van der Waals surface area (Å²) in [6.07, 6.45) is -0.249. The van der Waals surface area contributed by atoms with Crippen molar-refractivity contribution in [2.75, 3.05) is 15.0 Å². The molecule has 1 saturated carbocycles. The van der Waals surface area contributed by atoms with E-state index in [9.17, 15) is 41.7 Å². The fourth-order valence-corrected chi connectivity index (χ4v) is 7.17. The molecule has 1 saturated heterocycles. The molecule has 2 atom stereocenters. The predicted octanol–water partition coefficient (Wildman–Crippen LogP) is 3.87. The van der Waals surface area contributed by atoms with Gasteiger partial charge >= 0.3 is 0 Å². The zero-order valence-corrected chi connectivity index (χ0v) is 24.1. The number of hydrogen-bond donors (Lipinski definition) is 1. The number of benzene rings is 2. The Morgan fingerprint density at radius 2 is 1.80 bits per heavy atom. The average molecular weight is 623 g/mol. The van der Waals surface area contributed by atoms with Gasteiger partial charge in [-0.05, 0) is 54.8 Å². The number of sulfonamides is 1. The first kappa shape index (κ1) is 30.5. The standard InChI is InChI=1S/C30H25F3N6O4S/c1-18-4-2-3-5-24(18)27(28(40)37-22-14-30(32,33)15-22)38(23-11-20(17-35)10-21(31)13-23)29(41)25-7-9-44(42,43)39(25)26-12-19(16-34)6-8-36-26/h2-6,8,10-13,22,25,27H,7,9,14-15H2,1H3,(H,37,40)/t25-,27?/m0/s1. The maximum absolute atomic E-state index is 14.8. The molecule has 10 nitrogen and oxygen atoms in total. The summed E-state index contributed by atoms with van der Waals surface area (Å²) in [5.41, 5.74) is 0.472. The molecule has 0 bridgehead atoms. The SMILES string of the molecule is Cc1ccccc1C(C(=O)NC1CC(F)(F)C1)N(C(=O)[C@@H]1CCS(=O)(=O)N1c1cc(C#N)ccn1)c1cc(F)cc(C#N)c1. The summed E-state index contributed by atoms with van der Waals surface area (Å²) in [4.78, 5) is 33.5. The van der Waals surface area contributed by atoms with Crippen molar-refractivity contribution >= 4 is 33.3 Å². The van der Waals surface area contributed by atoms with Crippen LogP contribution in [0.2, 0.25) is 0 Å². The van der Waals surface area contributed by atoms with Crippen molar-refractivity contribution in [3.63, 3.8) is 0 Å². The number of nitrogens with one attached hydrogen (secondary N) is 1. The molecule has 5 rings (SSSR count). The van der Waals surface area contributed by atoms with Crippen LogP contribution in [0, 0.1) is 35.4 Å². The predicted molar refractivity (Wildman–Crippen MR) is 152 cm³/mol. The molecule has 1 N–H and O–H groups in total. The van der Waals surface area contributed by atoms with Crippen molar-refractivity contribution in [1.29, 1.82) is 10.5 Å². The molecule has 1 aliphatic heterocycles. The highest BCUT2D eigenvalue weighted by molar-refractivity contribution is 7.93. The second-order valence-electron chi connectivity index (χ2n) is 10.7. The molecule has 0 radical (unpaired) electrons. The van der Waals surface area contributed by atoms with Crippen LogP contribution in [0.5, 0.6) is 0 Å². The third kappa shape index (κ3) is 5.94. The number of nitrogens with zero attached hydrogens (tertiary/aromatic N) is 5. The van der Waals surface area contributed by atoms with Crippen LogP contribution in [0.15, 0.2) is 60.8 Å². The normalized spacial score (nSPS) is 19.2. The van der Waals surface area contributed by atoms with Crippen LogP contribution in [-0.2, 0) is 19.6 Å². The van der Waals surface area contributed by atoms with E-state index >= 15 is 0 Å². The van der Waals surface area contributed by atoms with Crippen molar-refractivity contribution in [3.8, 4) is 12.1 Å². The summed E-state index contributed by atoms with van der Waals surface area (Å²) in [5, 5.41) is 21.5. The number of aromatic nitrogens is 1. The lowest BCUT2D eigenvalue weighted by atomic mass is 9.87. The smallest absolute Gasteiger partial charge is 0.252 e. The number of anilines is 2. The Hall–Kier alpha value is -4.95. The number of carbonyl (C=O) groups excluding carboxylic acids is 2. The van der Waals surface area contributed by atoms with Crippen molar-refractivity contribution in [1.82, 2.24) is 10.3 Å². The van der Waals surface area contributed by atoms with Crippen molar-refractivity contribution < 1.29 is 31.2 Å². The fraction of sp³-hybridized carbons (Fsp3) is 0.300. The maximum Gasteiger partial charge on any atom is 0.252 e. The topological polar surface area (TPSA) is 147 Å². The first-order chi connectivity index (χ1) is 20.8. The molecule has 2 aliphatic rings. The quantitative estimate of drug-likeness (QED) is 0.421. The van der Waals surface area contributed by atoms with E-state index in [4.69, 9.17) is 0 Å². The third-order valence-electron chi connectivity index (χ3n) is 7.57. The van der Waals surface area contributed by atoms with Crippen LogP contribution in [-0.4, -0.2) is 49.0 Å². The zero-order valence-electron chi connectivity index (χ0n) is 23.2. The van der Waals surface area contributed by atoms with Crippen LogP contribution in [0.25, 0.3) is 0 Å². The highest BCUT2D eigenvalue weighted by Crippen LogP contribution is 2.39. The molecule has 1 aliphatic carbocycles. The molecule has 0 spiro atoms. The van der Waals surface area contributed by atoms with Crippen LogP contribution >= 0.6 is 0 Å². The molecule has 2 heterocycles. The van der Waals surface area contributed by atoms with Gasteiger partial charge in [-0.3, -0.25) is 14.5 Å². The maximum atomic E-state index is 14.8. The number of amides is 2. The van der Waals surface area contributed by atoms with Gasteiger partial charge in [-0.1, -0.05) is 24.3 Å². The van der Waals surface area contributed by atoms with Gasteiger partial charge in [0.25, 0.3) is 11.8 Å². The molecule has 2 amide bonds. The Balaban J connectivity index is 1.68. The van der Waals surface area contributed by atoms with Gasteiger partial charge in [0.1, 0.15) is 23.7 Å². The van der Waals surface area contributed by atoms with Gasteiger partial charge in [0.2, 0.25) is 15.9 Å². The summed E-state index contributed by atoms with van der Waals surface area (Å²) in [6.45, 7) is 1.66. The Kier molecular flexibility index (Phi) is 8.05. The summed E-state index contributed by atoms with van der Waals surface area (Å²) in [7, 11) is -4.14. The molecule has 1 unspecified atom stereocenters. The van der Waals surface area contributed by atoms with Gasteiger partial charge < -0.3 is 5.32 Å². The van der Waals surface area contributed by atoms with Crippen LogP contribution in [0.3, 0.4) is 0 Å². The Morgan fingerprint density at radius 3 is 2.45 bits per heavy atom. The molecular formula is C30H25F3N6O4S. The second-order valence-corrected chi connectivity index (χ2v) is 12.6. The molecule has 2 fully saturated rings. The Labute approximate surface area is 251 Å². The average Bonchev–Trinajstić information content (AvgIpc) is 3.29. The van der Waals surface area contributed by atoms with Crippen molar-refractivity contribution in [2.45, 2.75) is 50.2 Å². The molecule has 226 valence electrons. The molecule has 44 heavy (non-hydrogen) atoms. The monoisotopic (exact) mass is 622 g/mol. The molecule has 1 aromatic heterocycles. The highest BCUT2D eigenvalue weighted by Gasteiger charge is 2.49. The van der Waals surface area contributed by atoms with Gasteiger partial charge in [0.15, 0.2) is 0 Å². The van der Waals surface area contributed by atoms with Gasteiger partial charge in [0.05, 0.1) is 29.0 Å². The van der Waals surface area contributed by atoms with Gasteiger partial charge in [-0.2, -0.15) is 10.5 Å². The lowest BCUT2D eigenvalue weighted by Crippen LogP contribution is -2.56. The van der Waals surface area contributed by atoms with E-state index in [1.165, 1.54) is 24.4 Å². The lowest BCUT2D eigenvalue weighted by Gasteiger charge is -2.39. The highest BCUT2D eigenvalue weighted by atomic mass is 32.2. The van der Waals surface area contributed by atoms with E-state index in [0.717, 1.165) is 21.3 Å². The first-order valence-electron chi connectivity index (χ1n) is 13.5. The van der Waals surface area contributed by atoms with E-state index in [1.807, 2.05) is 6.07 Å². The molecular weight excluding hydrogens is 597 g/mol. The Bertz CT molecular complexity index is 1830. The number of halogens is 3. The molecule has 3 aromatic rings. The minimum atomic E-state index is -4.14. The van der Waals surface area contributed by atoms with Gasteiger partial charge in [-0.25, -0.2) is 30.9 Å². The minimum Gasteiger partial charge on any atom is -0.351 e. The number of rotatable bonds is 7. The Morgan fingerprint density at radius 1 is 1.09 bits per heavy atom. The zero-order chi connectivity index (χ0) is 31.8. The summed E-state index contributed by atoms with van der Waals surface area (Å²) >= 11 is 0. The first-order valence-corrected chi connectivity index (χ1v) is 15.1. The van der Waals surface area contributed by atoms with Crippen molar-refractivity contribution in [2.24, 2.45) is 0 Å². The summed E-state index contributed by atoms with van der Waals surface area (Å²) in [5.74, 6) is -6.34. The molecule has 14 heteroatoms. The number of pyridine rings is 1. The van der Waals surface area contributed by atoms with Crippen LogP contribution in [0.1, 0.15) is 47.6 Å². The van der Waals surface area contributed by atoms with E-state index in [1.54, 1.807) is 37.3 Å². The lowest BCUT2D eigenvalue weighted by molar-refractivity contribution is -0.133. The number of nitriles is 2. The van der Waals surface area contributed by atoms with Crippen LogP contribution in [0.4, 0.5) is 24.7 Å². The van der Waals surface area contributed by atoms with Crippen molar-refractivity contribution in [3.05, 3.63) is 88.9 Å². The van der Waals surface area contributed by atoms with Gasteiger partial charge in [0, 0.05) is 30.8 Å². The summed E-state index contributed by atoms with van der Waals surface area (Å²) in [6, 6.07) is 11.8. The number of aryl methyl sites for hydroxylation is 1. The van der Waals surface area contributed by atoms with Crippen LogP contribution < -0.4 is 14.5 Å². The third-order valence-corrected chi connectivity index (χ3v) is 9.36. The van der Waals surface area contributed by atoms with E-state index in [-0.39, 0.29) is 34.6 Å². The largest absolute Gasteiger partial charge is 0.351 e. The fourth-order valence-electron chi connectivity index (χ4n) is 5.48. The number of alkyl halides is 2. The van der Waals surface area contributed by atoms with E-state index in [2.05, 4.69) is 10.3 Å². The second kappa shape index (κ2) is 11.6. The minimum absolute atomic E-state index is 0.0819. The molecule has 2 aromatic carbocycles. The van der Waals surface area contributed by atoms with E-state index < -0.39 is 70.3 Å². The number of hydrogen-bond acceptors (Lipinski definition) is 7. The van der Waals surface area contributed by atoms with Gasteiger partial charge in [-0.15, -0.1) is 0 Å². The van der Waals surface area contributed by atoms with E-state index in [0.29, 0.717) is 5.56 Å². The number of carbonyl (C=O) groups is 2. The summed E-state index contributed by atoms with van der Waals surface area (Å²) < 4.78 is 69.5.